The van der Waals surface area contributed by atoms with Crippen molar-refractivity contribution in [3.05, 3.63) is 83.4 Å². The van der Waals surface area contributed by atoms with Crippen LogP contribution < -0.4 is 5.73 Å². The maximum absolute atomic E-state index is 12.8. The minimum atomic E-state index is -3.92. The largest absolute Gasteiger partial charge is 0.516 e. The third-order valence-corrected chi connectivity index (χ3v) is 6.56. The van der Waals surface area contributed by atoms with Crippen molar-refractivity contribution in [3.8, 4) is 0 Å². The van der Waals surface area contributed by atoms with Gasteiger partial charge in [0.1, 0.15) is 11.4 Å². The average Bonchev–Trinajstić information content (AvgIpc) is 2.78. The van der Waals surface area contributed by atoms with E-state index in [1.165, 1.54) is 11.8 Å². The van der Waals surface area contributed by atoms with Crippen LogP contribution in [0.5, 0.6) is 0 Å². The number of amides is 1. The van der Waals surface area contributed by atoms with E-state index < -0.39 is 39.7 Å². The fourth-order valence-electron chi connectivity index (χ4n) is 3.37. The summed E-state index contributed by atoms with van der Waals surface area (Å²) in [6.07, 6.45) is -1.05. The number of benzene rings is 2. The molecule has 1 amide bonds. The molecule has 4 rings (SSSR count). The summed E-state index contributed by atoms with van der Waals surface area (Å²) in [4.78, 5) is 26.2. The predicted octanol–water partition coefficient (Wildman–Crippen LogP) is 2.32. The highest BCUT2D eigenvalue weighted by Gasteiger charge is 2.52. The number of rotatable bonds is 6. The van der Waals surface area contributed by atoms with Crippen molar-refractivity contribution >= 4 is 33.9 Å². The summed E-state index contributed by atoms with van der Waals surface area (Å²) < 4.78 is 39.2. The van der Waals surface area contributed by atoms with Crippen molar-refractivity contribution in [2.24, 2.45) is 5.73 Å². The van der Waals surface area contributed by atoms with E-state index in [0.29, 0.717) is 11.1 Å². The first kappa shape index (κ1) is 22.2. The van der Waals surface area contributed by atoms with Crippen LogP contribution in [0, 0.1) is 0 Å². The number of ether oxygens (including phenoxy) is 2. The lowest BCUT2D eigenvalue weighted by Gasteiger charge is -2.47. The van der Waals surface area contributed by atoms with Gasteiger partial charge in [-0.3, -0.25) is 9.69 Å². The summed E-state index contributed by atoms with van der Waals surface area (Å²) in [5.74, 6) is -0.960. The van der Waals surface area contributed by atoms with Gasteiger partial charge in [-0.15, -0.1) is 11.8 Å². The smallest absolute Gasteiger partial charge is 0.421 e. The Morgan fingerprint density at radius 3 is 2.19 bits per heavy atom. The van der Waals surface area contributed by atoms with Gasteiger partial charge in [-0.05, 0) is 11.1 Å². The van der Waals surface area contributed by atoms with Crippen molar-refractivity contribution in [2.45, 2.75) is 17.5 Å². The van der Waals surface area contributed by atoms with Crippen LogP contribution >= 0.6 is 11.8 Å². The van der Waals surface area contributed by atoms with Gasteiger partial charge >= 0.3 is 16.3 Å². The highest BCUT2D eigenvalue weighted by atomic mass is 32.2. The quantitative estimate of drug-likeness (QED) is 0.380. The number of hydrogen-bond donors (Lipinski definition) is 1. The number of nitrogens with two attached hydrogens (primary N) is 1. The van der Waals surface area contributed by atoms with E-state index in [-0.39, 0.29) is 17.4 Å². The molecule has 2 heterocycles. The Bertz CT molecular complexity index is 1110. The summed E-state index contributed by atoms with van der Waals surface area (Å²) in [6, 6.07) is 17.3. The third-order valence-electron chi connectivity index (χ3n) is 4.78. The molecule has 32 heavy (non-hydrogen) atoms. The topological polar surface area (TPSA) is 125 Å². The van der Waals surface area contributed by atoms with Crippen LogP contribution in [0.15, 0.2) is 72.3 Å². The summed E-state index contributed by atoms with van der Waals surface area (Å²) in [6.45, 7) is 0. The Morgan fingerprint density at radius 2 is 1.66 bits per heavy atom. The number of carbonyl (C=O) groups excluding carboxylic acids is 2. The van der Waals surface area contributed by atoms with Gasteiger partial charge in [0.05, 0.1) is 12.0 Å². The molecule has 1 fully saturated rings. The molecule has 2 atom stereocenters. The minimum Gasteiger partial charge on any atom is -0.421 e. The van der Waals surface area contributed by atoms with Crippen molar-refractivity contribution in [1.29, 1.82) is 0 Å². The van der Waals surface area contributed by atoms with E-state index in [2.05, 4.69) is 0 Å². The lowest BCUT2D eigenvalue weighted by atomic mass is 10.0. The minimum absolute atomic E-state index is 0.0542. The molecule has 1 saturated heterocycles. The second-order valence-corrected chi connectivity index (χ2v) is 9.80. The first-order chi connectivity index (χ1) is 15.2. The standard InChI is InChI=1S/C21H20N2O7S2/c1-32(26,27)30-15-12-31-20-16(22)18(24)23(20)19(15)29-21(25)28-17(13-8-4-2-5-9-13)14-10-6-3-7-11-14/h2-11,16-17,20H,12,22H2,1H3/t16?,20-/m0/s1. The normalized spacial score (nSPS) is 20.5. The molecule has 2 aromatic carbocycles. The van der Waals surface area contributed by atoms with Gasteiger partial charge in [0.25, 0.3) is 5.88 Å². The molecule has 11 heteroatoms. The molecule has 1 unspecified atom stereocenters. The molecule has 9 nitrogen and oxygen atoms in total. The molecule has 0 saturated carbocycles. The maximum atomic E-state index is 12.8. The molecule has 2 aliphatic rings. The monoisotopic (exact) mass is 476 g/mol. The van der Waals surface area contributed by atoms with Crippen LogP contribution in [-0.2, 0) is 28.6 Å². The Kier molecular flexibility index (Phi) is 6.13. The summed E-state index contributed by atoms with van der Waals surface area (Å²) in [5, 5.41) is -0.490. The van der Waals surface area contributed by atoms with Gasteiger partial charge in [-0.1, -0.05) is 60.7 Å². The molecule has 168 valence electrons. The second kappa shape index (κ2) is 8.85. The molecule has 0 radical (unpaired) electrons. The van der Waals surface area contributed by atoms with Gasteiger partial charge in [0.2, 0.25) is 5.91 Å². The summed E-state index contributed by atoms with van der Waals surface area (Å²) in [5.41, 5.74) is 7.22. The Hall–Kier alpha value is -3.02. The third kappa shape index (κ3) is 4.59. The number of nitrogens with zero attached hydrogens (tertiary/aromatic N) is 1. The van der Waals surface area contributed by atoms with Crippen LogP contribution in [0.4, 0.5) is 4.79 Å². The molecule has 0 bridgehead atoms. The van der Waals surface area contributed by atoms with E-state index in [9.17, 15) is 18.0 Å². The highest BCUT2D eigenvalue weighted by Crippen LogP contribution is 2.40. The number of thioether (sulfide) groups is 1. The zero-order valence-electron chi connectivity index (χ0n) is 16.9. The second-order valence-electron chi connectivity index (χ2n) is 7.12. The van der Waals surface area contributed by atoms with Crippen molar-refractivity contribution < 1.29 is 31.7 Å². The SMILES string of the molecule is CS(=O)(=O)OC1=C(OC(=O)OC(c2ccccc2)c2ccccc2)N2C(=O)C(N)[C@@H]2SC1. The van der Waals surface area contributed by atoms with Gasteiger partial charge in [-0.2, -0.15) is 8.42 Å². The van der Waals surface area contributed by atoms with Crippen molar-refractivity contribution in [3.63, 3.8) is 0 Å². The van der Waals surface area contributed by atoms with E-state index in [0.717, 1.165) is 11.2 Å². The highest BCUT2D eigenvalue weighted by molar-refractivity contribution is 8.00. The Labute approximate surface area is 189 Å². The zero-order valence-corrected chi connectivity index (χ0v) is 18.5. The summed E-state index contributed by atoms with van der Waals surface area (Å²) in [7, 11) is -3.92. The van der Waals surface area contributed by atoms with E-state index in [1.54, 1.807) is 24.3 Å². The van der Waals surface area contributed by atoms with E-state index >= 15 is 0 Å². The first-order valence-electron chi connectivity index (χ1n) is 9.56. The predicted molar refractivity (Wildman–Crippen MR) is 116 cm³/mol. The molecular weight excluding hydrogens is 456 g/mol. The lowest BCUT2D eigenvalue weighted by molar-refractivity contribution is -0.145. The molecule has 2 N–H and O–H groups in total. The van der Waals surface area contributed by atoms with Crippen LogP contribution in [0.3, 0.4) is 0 Å². The van der Waals surface area contributed by atoms with Gasteiger partial charge < -0.3 is 19.4 Å². The molecule has 2 aliphatic heterocycles. The number of β-lactam (4-membered cyclic amide) rings is 1. The summed E-state index contributed by atoms with van der Waals surface area (Å²) >= 11 is 1.21. The fourth-order valence-corrected chi connectivity index (χ4v) is 5.12. The number of fused-ring (bicyclic) bond motifs is 1. The Balaban J connectivity index is 1.61. The molecule has 2 aromatic rings. The molecular formula is C21H20N2O7S2. The van der Waals surface area contributed by atoms with Crippen LogP contribution in [0.1, 0.15) is 17.2 Å². The first-order valence-corrected chi connectivity index (χ1v) is 12.4. The van der Waals surface area contributed by atoms with Crippen molar-refractivity contribution in [2.75, 3.05) is 12.0 Å². The van der Waals surface area contributed by atoms with Crippen molar-refractivity contribution in [1.82, 2.24) is 4.90 Å². The zero-order chi connectivity index (χ0) is 22.9. The molecule has 0 aromatic heterocycles. The van der Waals surface area contributed by atoms with Crippen LogP contribution in [-0.4, -0.2) is 48.8 Å². The van der Waals surface area contributed by atoms with Gasteiger partial charge in [-0.25, -0.2) is 4.79 Å². The average molecular weight is 477 g/mol. The molecule has 0 aliphatic carbocycles. The van der Waals surface area contributed by atoms with Gasteiger partial charge in [0.15, 0.2) is 11.9 Å². The Morgan fingerprint density at radius 1 is 1.09 bits per heavy atom. The van der Waals surface area contributed by atoms with Crippen LogP contribution in [0.2, 0.25) is 0 Å². The lowest BCUT2D eigenvalue weighted by Crippen LogP contribution is -2.68. The van der Waals surface area contributed by atoms with E-state index in [1.807, 2.05) is 36.4 Å². The fraction of sp³-hybridized carbons (Fsp3) is 0.238. The number of carbonyl (C=O) groups is 2. The maximum Gasteiger partial charge on any atom is 0.516 e. The van der Waals surface area contributed by atoms with Crippen LogP contribution in [0.25, 0.3) is 0 Å². The molecule has 0 spiro atoms. The van der Waals surface area contributed by atoms with Gasteiger partial charge in [0, 0.05) is 0 Å². The number of hydrogen-bond acceptors (Lipinski definition) is 9. The van der Waals surface area contributed by atoms with E-state index in [4.69, 9.17) is 19.4 Å².